The second-order valence-corrected chi connectivity index (χ2v) is 9.43. The van der Waals surface area contributed by atoms with Crippen LogP contribution >= 0.6 is 0 Å². The smallest absolute Gasteiger partial charge is 0.310 e. The van der Waals surface area contributed by atoms with Crippen molar-refractivity contribution in [2.45, 2.75) is 63.3 Å². The first kappa shape index (κ1) is 24.7. The molecule has 4 rings (SSSR count). The number of carbonyl (C=O) groups excluding carboxylic acids is 2. The lowest BCUT2D eigenvalue weighted by atomic mass is 9.94. The fourth-order valence-electron chi connectivity index (χ4n) is 4.88. The van der Waals surface area contributed by atoms with Crippen LogP contribution in [0, 0.1) is 0 Å². The minimum atomic E-state index is -0.927. The molecule has 0 spiro atoms. The van der Waals surface area contributed by atoms with E-state index in [1.54, 1.807) is 24.3 Å². The van der Waals surface area contributed by atoms with Crippen molar-refractivity contribution in [2.24, 2.45) is 0 Å². The summed E-state index contributed by atoms with van der Waals surface area (Å²) in [4.78, 5) is 43.2. The number of aliphatic carboxylic acids is 1. The second kappa shape index (κ2) is 11.8. The van der Waals surface area contributed by atoms with Gasteiger partial charge in [-0.2, -0.15) is 0 Å². The fraction of sp³-hybridized carbons (Fsp3) is 0.481. The van der Waals surface area contributed by atoms with Crippen molar-refractivity contribution < 1.29 is 19.5 Å². The lowest BCUT2D eigenvalue weighted by Crippen LogP contribution is -2.38. The van der Waals surface area contributed by atoms with Crippen LogP contribution in [0.3, 0.4) is 0 Å². The van der Waals surface area contributed by atoms with Crippen molar-refractivity contribution in [3.63, 3.8) is 0 Å². The number of pyridine rings is 1. The first-order valence-corrected chi connectivity index (χ1v) is 12.6. The highest BCUT2D eigenvalue weighted by atomic mass is 16.4. The monoisotopic (exact) mass is 478 g/mol. The Hall–Kier alpha value is -3.42. The van der Waals surface area contributed by atoms with Gasteiger partial charge in [-0.05, 0) is 55.7 Å². The summed E-state index contributed by atoms with van der Waals surface area (Å²) in [5, 5.41) is 15.9. The Kier molecular flexibility index (Phi) is 8.34. The molecule has 0 radical (unpaired) electrons. The summed E-state index contributed by atoms with van der Waals surface area (Å²) >= 11 is 0. The zero-order valence-corrected chi connectivity index (χ0v) is 20.0. The highest BCUT2D eigenvalue weighted by Gasteiger charge is 2.28. The van der Waals surface area contributed by atoms with Crippen LogP contribution in [0.25, 0.3) is 0 Å². The van der Waals surface area contributed by atoms with Gasteiger partial charge in [-0.1, -0.05) is 36.4 Å². The van der Waals surface area contributed by atoms with Crippen LogP contribution in [0.1, 0.15) is 61.3 Å². The van der Waals surface area contributed by atoms with E-state index in [1.807, 2.05) is 11.0 Å². The Labute approximate surface area is 206 Å². The number of amides is 2. The third kappa shape index (κ3) is 6.81. The van der Waals surface area contributed by atoms with Crippen LogP contribution in [0.15, 0.2) is 42.5 Å². The number of hydrogen-bond acceptors (Lipinski definition) is 5. The number of anilines is 1. The van der Waals surface area contributed by atoms with E-state index in [4.69, 9.17) is 4.98 Å². The lowest BCUT2D eigenvalue weighted by molar-refractivity contribution is -0.139. The average molecular weight is 479 g/mol. The van der Waals surface area contributed by atoms with E-state index in [2.05, 4.69) is 22.8 Å². The molecule has 1 fully saturated rings. The van der Waals surface area contributed by atoms with E-state index in [0.717, 1.165) is 50.2 Å². The van der Waals surface area contributed by atoms with Gasteiger partial charge in [0.1, 0.15) is 5.82 Å². The molecule has 35 heavy (non-hydrogen) atoms. The van der Waals surface area contributed by atoms with Gasteiger partial charge in [-0.25, -0.2) is 4.98 Å². The molecule has 3 heterocycles. The average Bonchev–Trinajstić information content (AvgIpc) is 3.33. The van der Waals surface area contributed by atoms with Crippen LogP contribution in [0.4, 0.5) is 5.82 Å². The zero-order chi connectivity index (χ0) is 24.6. The Bertz CT molecular complexity index is 1040. The van der Waals surface area contributed by atoms with Crippen molar-refractivity contribution in [3.05, 3.63) is 59.3 Å². The van der Waals surface area contributed by atoms with E-state index in [-0.39, 0.29) is 30.7 Å². The van der Waals surface area contributed by atoms with E-state index in [1.165, 1.54) is 5.56 Å². The Morgan fingerprint density at radius 3 is 2.77 bits per heavy atom. The van der Waals surface area contributed by atoms with Crippen molar-refractivity contribution >= 4 is 23.6 Å². The molecule has 1 saturated heterocycles. The number of carboxylic acid groups (broad SMARTS) is 1. The molecule has 0 bridgehead atoms. The molecular formula is C27H34N4O4. The molecule has 0 aliphatic carbocycles. The summed E-state index contributed by atoms with van der Waals surface area (Å²) in [5.74, 6) is -0.712. The molecule has 0 saturated carbocycles. The summed E-state index contributed by atoms with van der Waals surface area (Å²) < 4.78 is 0. The third-order valence-electron chi connectivity index (χ3n) is 6.84. The third-order valence-corrected chi connectivity index (χ3v) is 6.84. The molecule has 1 aromatic carbocycles. The van der Waals surface area contributed by atoms with Gasteiger partial charge < -0.3 is 20.6 Å². The summed E-state index contributed by atoms with van der Waals surface area (Å²) in [7, 11) is 0. The highest BCUT2D eigenvalue weighted by Crippen LogP contribution is 2.22. The Balaban J connectivity index is 1.17. The van der Waals surface area contributed by atoms with Gasteiger partial charge in [0.15, 0.2) is 0 Å². The standard InChI is InChI=1S/C27H34N4O4/c32-24(14-13-23(27(34)35)19-6-2-1-3-7-19)29-22-15-17-31(18-22)25(33)10-4-9-21-12-11-20-8-5-16-28-26(20)30-21/h1-3,6-7,11-12,22-23H,4-5,8-10,13-18H2,(H,28,30)(H,29,32)(H,34,35)/t22-,23-/m0/s1. The number of nitrogens with zero attached hydrogens (tertiary/aromatic N) is 2. The molecule has 8 heteroatoms. The predicted molar refractivity (Wildman–Crippen MR) is 133 cm³/mol. The van der Waals surface area contributed by atoms with Crippen LogP contribution in [-0.4, -0.2) is 58.5 Å². The summed E-state index contributed by atoms with van der Waals surface area (Å²) in [5.41, 5.74) is 2.97. The van der Waals surface area contributed by atoms with Gasteiger partial charge in [0.25, 0.3) is 0 Å². The normalized spacial score (nSPS) is 17.8. The van der Waals surface area contributed by atoms with E-state index >= 15 is 0 Å². The van der Waals surface area contributed by atoms with Gasteiger partial charge >= 0.3 is 5.97 Å². The lowest BCUT2D eigenvalue weighted by Gasteiger charge is -2.18. The molecule has 8 nitrogen and oxygen atoms in total. The molecule has 2 amide bonds. The number of aryl methyl sites for hydroxylation is 2. The number of hydrogen-bond donors (Lipinski definition) is 3. The van der Waals surface area contributed by atoms with Gasteiger partial charge in [-0.3, -0.25) is 14.4 Å². The first-order valence-electron chi connectivity index (χ1n) is 12.6. The number of carbonyl (C=O) groups is 3. The predicted octanol–water partition coefficient (Wildman–Crippen LogP) is 3.13. The van der Waals surface area contributed by atoms with Crippen LogP contribution in [0.2, 0.25) is 0 Å². The van der Waals surface area contributed by atoms with Crippen LogP contribution in [-0.2, 0) is 27.2 Å². The Morgan fingerprint density at radius 1 is 1.14 bits per heavy atom. The minimum absolute atomic E-state index is 0.0835. The minimum Gasteiger partial charge on any atom is -0.481 e. The number of nitrogens with one attached hydrogen (secondary N) is 2. The molecule has 186 valence electrons. The zero-order valence-electron chi connectivity index (χ0n) is 20.0. The number of likely N-dealkylation sites (tertiary alicyclic amines) is 1. The van der Waals surface area contributed by atoms with Crippen LogP contribution < -0.4 is 10.6 Å². The van der Waals surface area contributed by atoms with E-state index in [9.17, 15) is 19.5 Å². The maximum atomic E-state index is 12.7. The fourth-order valence-corrected chi connectivity index (χ4v) is 4.88. The first-order chi connectivity index (χ1) is 17.0. The molecule has 2 atom stereocenters. The largest absolute Gasteiger partial charge is 0.481 e. The number of rotatable bonds is 10. The summed E-state index contributed by atoms with van der Waals surface area (Å²) in [6.45, 7) is 2.10. The van der Waals surface area contributed by atoms with Crippen molar-refractivity contribution in [3.8, 4) is 0 Å². The van der Waals surface area contributed by atoms with Gasteiger partial charge in [-0.15, -0.1) is 0 Å². The summed E-state index contributed by atoms with van der Waals surface area (Å²) in [6, 6.07) is 13.1. The molecule has 3 N–H and O–H groups in total. The molecule has 2 aromatic rings. The van der Waals surface area contributed by atoms with Gasteiger partial charge in [0, 0.05) is 44.2 Å². The molecular weight excluding hydrogens is 444 g/mol. The number of fused-ring (bicyclic) bond motifs is 1. The van der Waals surface area contributed by atoms with Crippen molar-refractivity contribution in [1.82, 2.24) is 15.2 Å². The molecule has 2 aliphatic heterocycles. The van der Waals surface area contributed by atoms with Crippen molar-refractivity contribution in [1.29, 1.82) is 0 Å². The topological polar surface area (TPSA) is 112 Å². The Morgan fingerprint density at radius 2 is 1.97 bits per heavy atom. The van der Waals surface area contributed by atoms with Crippen LogP contribution in [0.5, 0.6) is 0 Å². The quantitative estimate of drug-likeness (QED) is 0.484. The molecule has 0 unspecified atom stereocenters. The molecule has 1 aromatic heterocycles. The van der Waals surface area contributed by atoms with E-state index < -0.39 is 11.9 Å². The maximum Gasteiger partial charge on any atom is 0.310 e. The van der Waals surface area contributed by atoms with E-state index in [0.29, 0.717) is 25.1 Å². The number of aromatic nitrogens is 1. The second-order valence-electron chi connectivity index (χ2n) is 9.43. The summed E-state index contributed by atoms with van der Waals surface area (Å²) in [6.07, 6.45) is 5.27. The highest BCUT2D eigenvalue weighted by molar-refractivity contribution is 5.80. The van der Waals surface area contributed by atoms with Crippen molar-refractivity contribution in [2.75, 3.05) is 25.0 Å². The molecule has 2 aliphatic rings. The van der Waals surface area contributed by atoms with Gasteiger partial charge in [0.2, 0.25) is 11.8 Å². The maximum absolute atomic E-state index is 12.7. The number of carboxylic acids is 1. The number of benzene rings is 1. The van der Waals surface area contributed by atoms with Gasteiger partial charge in [0.05, 0.1) is 5.92 Å². The SMILES string of the molecule is O=C(CC[C@H](C(=O)O)c1ccccc1)N[C@H]1CCN(C(=O)CCCc2ccc3c(n2)NCCC3)C1.